The summed E-state index contributed by atoms with van der Waals surface area (Å²) in [5.74, 6) is -1.16. The lowest BCUT2D eigenvalue weighted by Crippen LogP contribution is -2.46. The molecule has 26 heavy (non-hydrogen) atoms. The van der Waals surface area contributed by atoms with Crippen molar-refractivity contribution >= 4 is 5.97 Å². The summed E-state index contributed by atoms with van der Waals surface area (Å²) < 4.78 is 25.1. The second kappa shape index (κ2) is 7.25. The SMILES string of the molecule is CC(C)(C)OC(=O)C(CO)CN1CCC2(CC1)OCc1ccc(F)cc12. The molecule has 1 aromatic rings. The summed E-state index contributed by atoms with van der Waals surface area (Å²) in [6.45, 7) is 7.66. The molecule has 144 valence electrons. The normalized spacial score (nSPS) is 20.8. The lowest BCUT2D eigenvalue weighted by atomic mass is 9.83. The average Bonchev–Trinajstić information content (AvgIpc) is 2.91. The van der Waals surface area contributed by atoms with E-state index < -0.39 is 17.1 Å². The van der Waals surface area contributed by atoms with Crippen LogP contribution in [-0.2, 0) is 26.5 Å². The minimum atomic E-state index is -0.568. The summed E-state index contributed by atoms with van der Waals surface area (Å²) in [4.78, 5) is 14.4. The number of benzene rings is 1. The molecule has 1 unspecified atom stereocenters. The highest BCUT2D eigenvalue weighted by Crippen LogP contribution is 2.44. The third-order valence-electron chi connectivity index (χ3n) is 5.17. The number of nitrogens with zero attached hydrogens (tertiary/aromatic N) is 1. The number of carbonyl (C=O) groups is 1. The van der Waals surface area contributed by atoms with Gasteiger partial charge in [0.2, 0.25) is 0 Å². The van der Waals surface area contributed by atoms with Crippen molar-refractivity contribution in [1.29, 1.82) is 0 Å². The lowest BCUT2D eigenvalue weighted by Gasteiger charge is -2.40. The first kappa shape index (κ1) is 19.3. The number of fused-ring (bicyclic) bond motifs is 2. The molecule has 3 rings (SSSR count). The Kier molecular flexibility index (Phi) is 5.37. The van der Waals surface area contributed by atoms with Crippen molar-refractivity contribution < 1.29 is 23.8 Å². The zero-order valence-electron chi connectivity index (χ0n) is 15.8. The quantitative estimate of drug-likeness (QED) is 0.831. The summed E-state index contributed by atoms with van der Waals surface area (Å²) in [6, 6.07) is 4.87. The number of hydrogen-bond acceptors (Lipinski definition) is 5. The Morgan fingerprint density at radius 1 is 1.38 bits per heavy atom. The maximum Gasteiger partial charge on any atom is 0.313 e. The van der Waals surface area contributed by atoms with Gasteiger partial charge in [0.1, 0.15) is 11.4 Å². The van der Waals surface area contributed by atoms with Gasteiger partial charge >= 0.3 is 5.97 Å². The van der Waals surface area contributed by atoms with Gasteiger partial charge in [-0.25, -0.2) is 4.39 Å². The first-order chi connectivity index (χ1) is 12.2. The van der Waals surface area contributed by atoms with Crippen molar-refractivity contribution in [3.8, 4) is 0 Å². The van der Waals surface area contributed by atoms with Crippen molar-refractivity contribution in [2.75, 3.05) is 26.2 Å². The Morgan fingerprint density at radius 2 is 2.08 bits per heavy atom. The van der Waals surface area contributed by atoms with E-state index in [-0.39, 0.29) is 18.4 Å². The van der Waals surface area contributed by atoms with Gasteiger partial charge in [-0.1, -0.05) is 6.07 Å². The van der Waals surface area contributed by atoms with Gasteiger partial charge in [-0.2, -0.15) is 0 Å². The number of hydrogen-bond donors (Lipinski definition) is 1. The van der Waals surface area contributed by atoms with E-state index in [2.05, 4.69) is 4.90 Å². The molecule has 1 saturated heterocycles. The Bertz CT molecular complexity index is 662. The molecule has 2 heterocycles. The van der Waals surface area contributed by atoms with Crippen molar-refractivity contribution in [3.63, 3.8) is 0 Å². The molecule has 0 amide bonds. The summed E-state index contributed by atoms with van der Waals surface area (Å²) >= 11 is 0. The van der Waals surface area contributed by atoms with Gasteiger partial charge in [-0.15, -0.1) is 0 Å². The van der Waals surface area contributed by atoms with Crippen LogP contribution in [0.4, 0.5) is 4.39 Å². The molecule has 0 aliphatic carbocycles. The zero-order valence-corrected chi connectivity index (χ0v) is 15.8. The third-order valence-corrected chi connectivity index (χ3v) is 5.17. The molecule has 0 radical (unpaired) electrons. The van der Waals surface area contributed by atoms with E-state index >= 15 is 0 Å². The molecule has 0 bridgehead atoms. The minimum absolute atomic E-state index is 0.235. The smallest absolute Gasteiger partial charge is 0.313 e. The van der Waals surface area contributed by atoms with Crippen molar-refractivity contribution in [2.45, 2.75) is 51.4 Å². The molecule has 0 saturated carbocycles. The second-order valence-electron chi connectivity index (χ2n) is 8.30. The third kappa shape index (κ3) is 4.08. The van der Waals surface area contributed by atoms with E-state index in [1.54, 1.807) is 12.1 Å². The van der Waals surface area contributed by atoms with Crippen LogP contribution < -0.4 is 0 Å². The van der Waals surface area contributed by atoms with Crippen molar-refractivity contribution in [2.24, 2.45) is 5.92 Å². The van der Waals surface area contributed by atoms with E-state index in [1.165, 1.54) is 6.07 Å². The molecular weight excluding hydrogens is 337 g/mol. The van der Waals surface area contributed by atoms with Crippen LogP contribution in [0.3, 0.4) is 0 Å². The highest BCUT2D eigenvalue weighted by atomic mass is 19.1. The number of aliphatic hydroxyl groups excluding tert-OH is 1. The van der Waals surface area contributed by atoms with Crippen LogP contribution in [0.25, 0.3) is 0 Å². The Balaban J connectivity index is 1.61. The van der Waals surface area contributed by atoms with E-state index in [4.69, 9.17) is 9.47 Å². The predicted molar refractivity (Wildman–Crippen MR) is 95.0 cm³/mol. The maximum absolute atomic E-state index is 13.7. The van der Waals surface area contributed by atoms with E-state index in [0.29, 0.717) is 13.2 Å². The molecule has 5 nitrogen and oxygen atoms in total. The summed E-state index contributed by atoms with van der Waals surface area (Å²) in [5, 5.41) is 9.60. The summed E-state index contributed by atoms with van der Waals surface area (Å²) in [7, 11) is 0. The van der Waals surface area contributed by atoms with Gasteiger partial charge in [0, 0.05) is 19.6 Å². The van der Waals surface area contributed by atoms with Crippen LogP contribution in [0.1, 0.15) is 44.7 Å². The van der Waals surface area contributed by atoms with Gasteiger partial charge in [0.15, 0.2) is 0 Å². The summed E-state index contributed by atoms with van der Waals surface area (Å²) in [5.41, 5.74) is 1.03. The van der Waals surface area contributed by atoms with Gasteiger partial charge in [-0.05, 0) is 56.9 Å². The number of carbonyl (C=O) groups excluding carboxylic acids is 1. The Hall–Kier alpha value is -1.50. The number of piperidine rings is 1. The van der Waals surface area contributed by atoms with Crippen molar-refractivity contribution in [1.82, 2.24) is 4.90 Å². The molecular formula is C20H28FNO4. The Morgan fingerprint density at radius 3 is 2.69 bits per heavy atom. The van der Waals surface area contributed by atoms with E-state index in [1.807, 2.05) is 20.8 Å². The molecule has 1 fully saturated rings. The molecule has 1 aromatic carbocycles. The Labute approximate surface area is 154 Å². The van der Waals surface area contributed by atoms with Gasteiger partial charge in [0.25, 0.3) is 0 Å². The molecule has 1 atom stereocenters. The zero-order chi connectivity index (χ0) is 18.9. The highest BCUT2D eigenvalue weighted by Gasteiger charge is 2.43. The molecule has 1 spiro atoms. The average molecular weight is 365 g/mol. The van der Waals surface area contributed by atoms with Crippen molar-refractivity contribution in [3.05, 3.63) is 35.1 Å². The van der Waals surface area contributed by atoms with Crippen LogP contribution in [0.2, 0.25) is 0 Å². The predicted octanol–water partition coefficient (Wildman–Crippen LogP) is 2.60. The summed E-state index contributed by atoms with van der Waals surface area (Å²) in [6.07, 6.45) is 1.49. The van der Waals surface area contributed by atoms with Gasteiger partial charge in [0.05, 0.1) is 24.7 Å². The number of halogens is 1. The minimum Gasteiger partial charge on any atom is -0.460 e. The number of aliphatic hydroxyl groups is 1. The first-order valence-corrected chi connectivity index (χ1v) is 9.21. The van der Waals surface area contributed by atoms with Crippen LogP contribution in [-0.4, -0.2) is 47.8 Å². The fourth-order valence-electron chi connectivity index (χ4n) is 3.81. The fraction of sp³-hybridized carbons (Fsp3) is 0.650. The van der Waals surface area contributed by atoms with E-state index in [9.17, 15) is 14.3 Å². The van der Waals surface area contributed by atoms with Gasteiger partial charge in [-0.3, -0.25) is 4.79 Å². The largest absolute Gasteiger partial charge is 0.460 e. The van der Waals surface area contributed by atoms with Crippen LogP contribution >= 0.6 is 0 Å². The molecule has 1 N–H and O–H groups in total. The molecule has 2 aliphatic heterocycles. The monoisotopic (exact) mass is 365 g/mol. The molecule has 6 heteroatoms. The molecule has 2 aliphatic rings. The standard InChI is InChI=1S/C20H28FNO4/c1-19(2,3)26-18(24)15(12-23)11-22-8-6-20(7-9-22)17-10-16(21)5-4-14(17)13-25-20/h4-5,10,15,23H,6-9,11-13H2,1-3H3. The maximum atomic E-state index is 13.7. The number of ether oxygens (including phenoxy) is 2. The van der Waals surface area contributed by atoms with Crippen LogP contribution in [0, 0.1) is 11.7 Å². The van der Waals surface area contributed by atoms with Crippen LogP contribution in [0.5, 0.6) is 0 Å². The second-order valence-corrected chi connectivity index (χ2v) is 8.30. The van der Waals surface area contributed by atoms with Crippen LogP contribution in [0.15, 0.2) is 18.2 Å². The highest BCUT2D eigenvalue weighted by molar-refractivity contribution is 5.73. The molecule has 0 aromatic heterocycles. The topological polar surface area (TPSA) is 59.0 Å². The number of rotatable bonds is 4. The van der Waals surface area contributed by atoms with Gasteiger partial charge < -0.3 is 19.5 Å². The van der Waals surface area contributed by atoms with E-state index in [0.717, 1.165) is 37.1 Å². The lowest BCUT2D eigenvalue weighted by molar-refractivity contribution is -0.162. The fourth-order valence-corrected chi connectivity index (χ4v) is 3.81. The first-order valence-electron chi connectivity index (χ1n) is 9.21. The number of esters is 1. The number of likely N-dealkylation sites (tertiary alicyclic amines) is 1.